The minimum absolute atomic E-state index is 0.311. The summed E-state index contributed by atoms with van der Waals surface area (Å²) in [6, 6.07) is 7.89. The summed E-state index contributed by atoms with van der Waals surface area (Å²) in [6.45, 7) is 0. The van der Waals surface area contributed by atoms with Crippen molar-refractivity contribution in [2.75, 3.05) is 0 Å². The minimum atomic E-state index is -4.45. The van der Waals surface area contributed by atoms with Gasteiger partial charge in [-0.2, -0.15) is 13.2 Å². The molecule has 0 amide bonds. The number of hydrogen-bond acceptors (Lipinski definition) is 0. The molecule has 2 aromatic rings. The topological polar surface area (TPSA) is 0 Å². The number of alkyl halides is 4. The van der Waals surface area contributed by atoms with Gasteiger partial charge in [-0.15, -0.1) is 0 Å². The maximum absolute atomic E-state index is 13.1. The number of hydrogen-bond donors (Lipinski definition) is 0. The van der Waals surface area contributed by atoms with E-state index in [1.54, 1.807) is 0 Å². The first-order valence-corrected chi connectivity index (χ1v) is 6.47. The van der Waals surface area contributed by atoms with E-state index in [1.807, 2.05) is 0 Å². The molecule has 1 unspecified atom stereocenters. The van der Waals surface area contributed by atoms with Crippen LogP contribution in [0.25, 0.3) is 0 Å². The van der Waals surface area contributed by atoms with Crippen molar-refractivity contribution in [3.05, 3.63) is 70.8 Å². The maximum Gasteiger partial charge on any atom is 0.416 e. The molecule has 6 heteroatoms. The van der Waals surface area contributed by atoms with Gasteiger partial charge in [-0.05, 0) is 29.3 Å². The molecule has 0 radical (unpaired) electrons. The van der Waals surface area contributed by atoms with Crippen LogP contribution in [-0.2, 0) is 6.18 Å². The molecule has 0 aliphatic carbocycles. The van der Waals surface area contributed by atoms with Gasteiger partial charge in [0.1, 0.15) is 0 Å². The van der Waals surface area contributed by atoms with Crippen molar-refractivity contribution in [1.29, 1.82) is 0 Å². The first-order valence-electron chi connectivity index (χ1n) is 5.55. The molecular formula is C14H8BrF5. The monoisotopic (exact) mass is 350 g/mol. The molecule has 0 aliphatic heterocycles. The van der Waals surface area contributed by atoms with E-state index in [2.05, 4.69) is 15.9 Å². The van der Waals surface area contributed by atoms with Crippen molar-refractivity contribution >= 4 is 15.9 Å². The zero-order valence-electron chi connectivity index (χ0n) is 9.89. The molecule has 1 atom stereocenters. The van der Waals surface area contributed by atoms with Crippen LogP contribution in [0.5, 0.6) is 0 Å². The molecule has 2 rings (SSSR count). The van der Waals surface area contributed by atoms with E-state index < -0.39 is 28.2 Å². The number of rotatable bonds is 2. The third kappa shape index (κ3) is 3.17. The fraction of sp³-hybridized carbons (Fsp3) is 0.143. The molecule has 0 N–H and O–H groups in total. The van der Waals surface area contributed by atoms with Crippen molar-refractivity contribution in [3.63, 3.8) is 0 Å². The largest absolute Gasteiger partial charge is 0.416 e. The van der Waals surface area contributed by atoms with Crippen molar-refractivity contribution in [2.24, 2.45) is 0 Å². The predicted molar refractivity (Wildman–Crippen MR) is 68.6 cm³/mol. The molecule has 0 aliphatic rings. The van der Waals surface area contributed by atoms with E-state index in [0.29, 0.717) is 11.1 Å². The Labute approximate surface area is 120 Å². The van der Waals surface area contributed by atoms with Crippen LogP contribution in [0.15, 0.2) is 42.5 Å². The fourth-order valence-corrected chi connectivity index (χ4v) is 2.30. The van der Waals surface area contributed by atoms with Gasteiger partial charge in [0.25, 0.3) is 0 Å². The average Bonchev–Trinajstić information content (AvgIpc) is 2.40. The molecule has 0 bridgehead atoms. The summed E-state index contributed by atoms with van der Waals surface area (Å²) in [5.74, 6) is -2.04. The molecular weight excluding hydrogens is 343 g/mol. The lowest BCUT2D eigenvalue weighted by molar-refractivity contribution is -0.137. The van der Waals surface area contributed by atoms with Crippen LogP contribution in [0.2, 0.25) is 0 Å². The predicted octanol–water partition coefficient (Wildman–Crippen LogP) is 5.47. The van der Waals surface area contributed by atoms with Gasteiger partial charge in [-0.1, -0.05) is 40.2 Å². The Balaban J connectivity index is 2.38. The minimum Gasteiger partial charge on any atom is -0.204 e. The number of benzene rings is 2. The highest BCUT2D eigenvalue weighted by Gasteiger charge is 2.31. The van der Waals surface area contributed by atoms with Crippen LogP contribution in [0.1, 0.15) is 21.5 Å². The standard InChI is InChI=1S/C14H8BrF5/c15-13(9-4-5-11(16)12(17)7-9)8-2-1-3-10(6-8)14(18,19)20/h1-7,13H. The van der Waals surface area contributed by atoms with Crippen LogP contribution in [0, 0.1) is 11.6 Å². The highest BCUT2D eigenvalue weighted by molar-refractivity contribution is 9.09. The summed E-state index contributed by atoms with van der Waals surface area (Å²) in [4.78, 5) is -0.653. The lowest BCUT2D eigenvalue weighted by Crippen LogP contribution is -2.06. The number of halogens is 6. The van der Waals surface area contributed by atoms with Crippen LogP contribution >= 0.6 is 15.9 Å². The maximum atomic E-state index is 13.1. The Morgan fingerprint density at radius 3 is 2.10 bits per heavy atom. The molecule has 0 nitrogen and oxygen atoms in total. The highest BCUT2D eigenvalue weighted by atomic mass is 79.9. The lowest BCUT2D eigenvalue weighted by Gasteiger charge is -2.14. The summed E-state index contributed by atoms with van der Waals surface area (Å²) in [5.41, 5.74) is -0.143. The molecule has 0 heterocycles. The van der Waals surface area contributed by atoms with Gasteiger partial charge in [-0.25, -0.2) is 8.78 Å². The molecule has 0 saturated carbocycles. The Morgan fingerprint density at radius 2 is 1.50 bits per heavy atom. The zero-order valence-corrected chi connectivity index (χ0v) is 11.5. The molecule has 0 fully saturated rings. The average molecular weight is 351 g/mol. The third-order valence-corrected chi connectivity index (χ3v) is 3.80. The molecule has 0 saturated heterocycles. The van der Waals surface area contributed by atoms with Gasteiger partial charge >= 0.3 is 6.18 Å². The highest BCUT2D eigenvalue weighted by Crippen LogP contribution is 2.35. The zero-order chi connectivity index (χ0) is 14.9. The van der Waals surface area contributed by atoms with Crippen LogP contribution in [0.3, 0.4) is 0 Å². The second-order valence-electron chi connectivity index (χ2n) is 4.16. The molecule has 0 aromatic heterocycles. The van der Waals surface area contributed by atoms with Crippen molar-refractivity contribution in [2.45, 2.75) is 11.0 Å². The lowest BCUT2D eigenvalue weighted by atomic mass is 10.0. The quantitative estimate of drug-likeness (QED) is 0.497. The molecule has 0 spiro atoms. The van der Waals surface area contributed by atoms with E-state index in [-0.39, 0.29) is 0 Å². The summed E-state index contributed by atoms with van der Waals surface area (Å²) in [7, 11) is 0. The summed E-state index contributed by atoms with van der Waals surface area (Å²) < 4.78 is 63.9. The van der Waals surface area contributed by atoms with Gasteiger partial charge in [0.05, 0.1) is 10.4 Å². The van der Waals surface area contributed by atoms with Crippen molar-refractivity contribution < 1.29 is 22.0 Å². The summed E-state index contributed by atoms with van der Waals surface area (Å²) in [5, 5.41) is 0. The van der Waals surface area contributed by atoms with Crippen LogP contribution in [-0.4, -0.2) is 0 Å². The molecule has 20 heavy (non-hydrogen) atoms. The van der Waals surface area contributed by atoms with Crippen molar-refractivity contribution in [3.8, 4) is 0 Å². The van der Waals surface area contributed by atoms with Gasteiger partial charge < -0.3 is 0 Å². The molecule has 106 valence electrons. The Bertz CT molecular complexity index is 621. The van der Waals surface area contributed by atoms with E-state index in [4.69, 9.17) is 0 Å². The van der Waals surface area contributed by atoms with E-state index in [0.717, 1.165) is 24.3 Å². The summed E-state index contributed by atoms with van der Waals surface area (Å²) in [6.07, 6.45) is -4.45. The normalized spacial score (nSPS) is 13.3. The third-order valence-electron chi connectivity index (χ3n) is 2.74. The van der Waals surface area contributed by atoms with E-state index in [1.165, 1.54) is 18.2 Å². The van der Waals surface area contributed by atoms with Gasteiger partial charge in [0.2, 0.25) is 0 Å². The summed E-state index contributed by atoms with van der Waals surface area (Å²) >= 11 is 3.20. The van der Waals surface area contributed by atoms with Crippen LogP contribution in [0.4, 0.5) is 22.0 Å². The first-order chi connectivity index (χ1) is 9.29. The van der Waals surface area contributed by atoms with Gasteiger partial charge in [-0.3, -0.25) is 0 Å². The van der Waals surface area contributed by atoms with E-state index >= 15 is 0 Å². The van der Waals surface area contributed by atoms with Gasteiger partial charge in [0, 0.05) is 0 Å². The Morgan fingerprint density at radius 1 is 0.850 bits per heavy atom. The van der Waals surface area contributed by atoms with Crippen molar-refractivity contribution in [1.82, 2.24) is 0 Å². The second-order valence-corrected chi connectivity index (χ2v) is 5.07. The van der Waals surface area contributed by atoms with E-state index in [9.17, 15) is 22.0 Å². The SMILES string of the molecule is Fc1ccc(C(Br)c2cccc(C(F)(F)F)c2)cc1F. The smallest absolute Gasteiger partial charge is 0.204 e. The first kappa shape index (κ1) is 15.0. The molecule has 2 aromatic carbocycles. The second kappa shape index (κ2) is 5.52. The van der Waals surface area contributed by atoms with Gasteiger partial charge in [0.15, 0.2) is 11.6 Å². The van der Waals surface area contributed by atoms with Crippen LogP contribution < -0.4 is 0 Å². The fourth-order valence-electron chi connectivity index (χ4n) is 1.74. The Kier molecular flexibility index (Phi) is 4.13. The Hall–Kier alpha value is -1.43.